The molecule has 3 aliphatic heterocycles. The highest BCUT2D eigenvalue weighted by molar-refractivity contribution is 7.08. The second-order valence-electron chi connectivity index (χ2n) is 9.96. The Morgan fingerprint density at radius 3 is 2.61 bits per heavy atom. The highest BCUT2D eigenvalue weighted by Crippen LogP contribution is 2.43. The average Bonchev–Trinajstić information content (AvgIpc) is 3.46. The molecular weight excluding hydrogens is 434 g/mol. The highest BCUT2D eigenvalue weighted by atomic mass is 32.1. The zero-order valence-electron chi connectivity index (χ0n) is 19.9. The van der Waals surface area contributed by atoms with Gasteiger partial charge in [-0.3, -0.25) is 14.5 Å². The van der Waals surface area contributed by atoms with E-state index in [4.69, 9.17) is 4.98 Å². The Morgan fingerprint density at radius 2 is 1.97 bits per heavy atom. The molecule has 3 aliphatic rings. The van der Waals surface area contributed by atoms with Crippen molar-refractivity contribution in [3.05, 3.63) is 39.6 Å². The number of rotatable bonds is 6. The number of carbonyl (C=O) groups is 2. The molecular formula is C25H35N5O2S. The first-order chi connectivity index (χ1) is 15.9. The van der Waals surface area contributed by atoms with E-state index in [-0.39, 0.29) is 17.9 Å². The van der Waals surface area contributed by atoms with Crippen molar-refractivity contribution in [2.75, 3.05) is 13.1 Å². The minimum Gasteiger partial charge on any atom is -0.349 e. The maximum Gasteiger partial charge on any atom is 0.219 e. The smallest absolute Gasteiger partial charge is 0.219 e. The predicted molar refractivity (Wildman–Crippen MR) is 129 cm³/mol. The van der Waals surface area contributed by atoms with E-state index in [0.717, 1.165) is 37.4 Å². The van der Waals surface area contributed by atoms with E-state index < -0.39 is 0 Å². The van der Waals surface area contributed by atoms with Crippen molar-refractivity contribution in [3.8, 4) is 0 Å². The molecule has 5 rings (SSSR count). The molecule has 5 heterocycles. The molecule has 2 amide bonds. The zero-order chi connectivity index (χ0) is 23.1. The lowest BCUT2D eigenvalue weighted by Gasteiger charge is -2.41. The van der Waals surface area contributed by atoms with Gasteiger partial charge in [0, 0.05) is 57.2 Å². The van der Waals surface area contributed by atoms with Crippen LogP contribution < -0.4 is 5.32 Å². The summed E-state index contributed by atoms with van der Waals surface area (Å²) in [5, 5.41) is 7.40. The molecule has 0 aliphatic carbocycles. The summed E-state index contributed by atoms with van der Waals surface area (Å²) >= 11 is 1.69. The first-order valence-corrected chi connectivity index (χ1v) is 13.2. The number of nitrogens with zero attached hydrogens (tertiary/aromatic N) is 4. The third-order valence-corrected chi connectivity index (χ3v) is 8.60. The van der Waals surface area contributed by atoms with E-state index in [0.29, 0.717) is 24.7 Å². The van der Waals surface area contributed by atoms with Crippen LogP contribution >= 0.6 is 11.3 Å². The summed E-state index contributed by atoms with van der Waals surface area (Å²) in [5.74, 6) is 1.28. The van der Waals surface area contributed by atoms with Crippen LogP contribution in [0.4, 0.5) is 0 Å². The van der Waals surface area contributed by atoms with Crippen LogP contribution in [0.15, 0.2) is 16.8 Å². The quantitative estimate of drug-likeness (QED) is 0.702. The number of imidazole rings is 1. The van der Waals surface area contributed by atoms with Crippen molar-refractivity contribution in [3.63, 3.8) is 0 Å². The number of thiophene rings is 1. The number of hydrogen-bond acceptors (Lipinski definition) is 5. The molecule has 2 saturated heterocycles. The van der Waals surface area contributed by atoms with Gasteiger partial charge in [0.15, 0.2) is 0 Å². The lowest BCUT2D eigenvalue weighted by molar-refractivity contribution is -0.129. The Labute approximate surface area is 200 Å². The SMILES string of the molecule is CC(=O)N[C@@H](CCN1[C@@H]2CC[C@H]1CC(n1c(C)nc3c1CCN(C(C)=O)C3)C2)c1ccsc1. The van der Waals surface area contributed by atoms with Gasteiger partial charge in [0.25, 0.3) is 0 Å². The number of aryl methyl sites for hydroxylation is 1. The maximum atomic E-state index is 11.8. The molecule has 0 radical (unpaired) electrons. The van der Waals surface area contributed by atoms with Gasteiger partial charge >= 0.3 is 0 Å². The molecule has 7 nitrogen and oxygen atoms in total. The Balaban J connectivity index is 1.27. The standard InChI is InChI=1S/C25H35N5O2S/c1-16-26-24-14-28(18(3)32)9-7-25(24)30(16)22-12-20-4-5-21(13-22)29(20)10-6-23(27-17(2)31)19-8-11-33-15-19/h8,11,15,20-23H,4-7,9-10,12-14H2,1-3H3,(H,27,31)/t20-,21+,22?,23-/m0/s1. The minimum atomic E-state index is 0.0385. The van der Waals surface area contributed by atoms with Gasteiger partial charge < -0.3 is 14.8 Å². The zero-order valence-corrected chi connectivity index (χ0v) is 20.7. The molecule has 2 aromatic rings. The normalized spacial score (nSPS) is 25.7. The molecule has 0 aromatic carbocycles. The van der Waals surface area contributed by atoms with E-state index in [1.54, 1.807) is 25.2 Å². The fraction of sp³-hybridized carbons (Fsp3) is 0.640. The van der Waals surface area contributed by atoms with E-state index in [1.807, 2.05) is 4.90 Å². The van der Waals surface area contributed by atoms with Crippen LogP contribution in [-0.4, -0.2) is 56.3 Å². The third kappa shape index (κ3) is 4.47. The fourth-order valence-electron chi connectivity index (χ4n) is 6.43. The predicted octanol–water partition coefficient (Wildman–Crippen LogP) is 3.59. The summed E-state index contributed by atoms with van der Waals surface area (Å²) in [6.45, 7) is 7.86. The van der Waals surface area contributed by atoms with Gasteiger partial charge in [-0.2, -0.15) is 11.3 Å². The van der Waals surface area contributed by atoms with Gasteiger partial charge in [0.1, 0.15) is 5.82 Å². The molecule has 1 N–H and O–H groups in total. The Hall–Kier alpha value is -2.19. The number of amides is 2. The monoisotopic (exact) mass is 469 g/mol. The van der Waals surface area contributed by atoms with Crippen LogP contribution in [0.3, 0.4) is 0 Å². The van der Waals surface area contributed by atoms with Crippen molar-refractivity contribution < 1.29 is 9.59 Å². The Morgan fingerprint density at radius 1 is 1.21 bits per heavy atom. The molecule has 2 aromatic heterocycles. The van der Waals surface area contributed by atoms with Crippen LogP contribution in [0.2, 0.25) is 0 Å². The van der Waals surface area contributed by atoms with Crippen LogP contribution in [0, 0.1) is 6.92 Å². The molecule has 1 unspecified atom stereocenters. The van der Waals surface area contributed by atoms with Crippen LogP contribution in [0.1, 0.15) is 80.8 Å². The highest BCUT2D eigenvalue weighted by Gasteiger charge is 2.42. The van der Waals surface area contributed by atoms with Crippen molar-refractivity contribution in [1.29, 1.82) is 0 Å². The van der Waals surface area contributed by atoms with Crippen LogP contribution in [0.25, 0.3) is 0 Å². The van der Waals surface area contributed by atoms with E-state index in [2.05, 4.69) is 38.5 Å². The summed E-state index contributed by atoms with van der Waals surface area (Å²) in [5.41, 5.74) is 3.67. The van der Waals surface area contributed by atoms with E-state index >= 15 is 0 Å². The van der Waals surface area contributed by atoms with Gasteiger partial charge in [-0.1, -0.05) is 0 Å². The molecule has 8 heteroatoms. The van der Waals surface area contributed by atoms with Crippen LogP contribution in [0.5, 0.6) is 0 Å². The van der Waals surface area contributed by atoms with Gasteiger partial charge in [0.05, 0.1) is 18.3 Å². The molecule has 33 heavy (non-hydrogen) atoms. The van der Waals surface area contributed by atoms with Gasteiger partial charge in [-0.15, -0.1) is 0 Å². The second-order valence-corrected chi connectivity index (χ2v) is 10.7. The number of aromatic nitrogens is 2. The lowest BCUT2D eigenvalue weighted by atomic mass is 9.95. The van der Waals surface area contributed by atoms with Crippen LogP contribution in [-0.2, 0) is 22.6 Å². The minimum absolute atomic E-state index is 0.0385. The fourth-order valence-corrected chi connectivity index (χ4v) is 7.15. The molecule has 2 fully saturated rings. The van der Waals surface area contributed by atoms with Gasteiger partial charge in [-0.25, -0.2) is 4.98 Å². The number of nitrogens with one attached hydrogen (secondary N) is 1. The first kappa shape index (κ1) is 22.6. The summed E-state index contributed by atoms with van der Waals surface area (Å²) in [6.07, 6.45) is 6.72. The first-order valence-electron chi connectivity index (χ1n) is 12.3. The van der Waals surface area contributed by atoms with E-state index in [1.165, 1.54) is 36.9 Å². The van der Waals surface area contributed by atoms with Crippen molar-refractivity contribution in [1.82, 2.24) is 24.7 Å². The molecule has 2 bridgehead atoms. The van der Waals surface area contributed by atoms with Crippen molar-refractivity contribution in [2.45, 2.75) is 90.0 Å². The summed E-state index contributed by atoms with van der Waals surface area (Å²) < 4.78 is 2.51. The summed E-state index contributed by atoms with van der Waals surface area (Å²) in [4.78, 5) is 33.1. The van der Waals surface area contributed by atoms with Crippen molar-refractivity contribution >= 4 is 23.2 Å². The maximum absolute atomic E-state index is 11.8. The number of hydrogen-bond donors (Lipinski definition) is 1. The van der Waals surface area contributed by atoms with Crippen molar-refractivity contribution in [2.24, 2.45) is 0 Å². The summed E-state index contributed by atoms with van der Waals surface area (Å²) in [7, 11) is 0. The van der Waals surface area contributed by atoms with Gasteiger partial charge in [0.2, 0.25) is 11.8 Å². The molecule has 0 spiro atoms. The summed E-state index contributed by atoms with van der Waals surface area (Å²) in [6, 6.07) is 3.93. The topological polar surface area (TPSA) is 70.5 Å². The largest absolute Gasteiger partial charge is 0.349 e. The molecule has 178 valence electrons. The lowest BCUT2D eigenvalue weighted by Crippen LogP contribution is -2.45. The van der Waals surface area contributed by atoms with E-state index in [9.17, 15) is 9.59 Å². The second kappa shape index (κ2) is 9.22. The number of piperidine rings is 1. The van der Waals surface area contributed by atoms with Gasteiger partial charge in [-0.05, 0) is 61.4 Å². The molecule has 4 atom stereocenters. The third-order valence-electron chi connectivity index (χ3n) is 7.90. The average molecular weight is 470 g/mol. The number of fused-ring (bicyclic) bond motifs is 3. The molecule has 0 saturated carbocycles. The Bertz CT molecular complexity index is 1000. The number of carbonyl (C=O) groups excluding carboxylic acids is 2. The Kier molecular flexibility index (Phi) is 6.31.